The number of aromatic nitrogens is 2. The zero-order chi connectivity index (χ0) is 9.15. The molecule has 1 aromatic rings. The van der Waals surface area contributed by atoms with E-state index >= 15 is 0 Å². The van der Waals surface area contributed by atoms with Gasteiger partial charge in [0.2, 0.25) is 0 Å². The molecule has 1 aliphatic rings. The Labute approximate surface area is 77.7 Å². The van der Waals surface area contributed by atoms with Crippen LogP contribution in [0.2, 0.25) is 0 Å². The molecule has 0 unspecified atom stereocenters. The first-order valence-corrected chi connectivity index (χ1v) is 4.55. The summed E-state index contributed by atoms with van der Waals surface area (Å²) in [6.07, 6.45) is 1.77. The van der Waals surface area contributed by atoms with Crippen LogP contribution in [0, 0.1) is 5.41 Å². The Morgan fingerprint density at radius 2 is 2.54 bits per heavy atom. The Hall–Kier alpha value is -0.870. The average Bonchev–Trinajstić information content (AvgIpc) is 2.54. The molecule has 4 heteroatoms. The van der Waals surface area contributed by atoms with Crippen molar-refractivity contribution in [3.8, 4) is 0 Å². The Balaban J connectivity index is 1.69. The molecule has 2 rings (SSSR count). The Morgan fingerprint density at radius 3 is 3.08 bits per heavy atom. The molecule has 1 saturated heterocycles. The minimum Gasteiger partial charge on any atom is -0.380 e. The highest BCUT2D eigenvalue weighted by molar-refractivity contribution is 4.97. The summed E-state index contributed by atoms with van der Waals surface area (Å²) in [5.74, 6) is 0. The van der Waals surface area contributed by atoms with Gasteiger partial charge < -0.3 is 10.1 Å². The Kier molecular flexibility index (Phi) is 2.33. The molecule has 0 atom stereocenters. The second kappa shape index (κ2) is 3.47. The van der Waals surface area contributed by atoms with Gasteiger partial charge in [0.15, 0.2) is 0 Å². The first kappa shape index (κ1) is 8.72. The number of ether oxygens (including phenoxy) is 1. The van der Waals surface area contributed by atoms with Crippen LogP contribution in [-0.4, -0.2) is 30.0 Å². The number of hydrogen-bond acceptors (Lipinski definition) is 3. The van der Waals surface area contributed by atoms with Crippen LogP contribution >= 0.6 is 0 Å². The standard InChI is InChI=1S/C9H15N3O/c1-9(6-13-7-9)5-10-4-8-2-3-11-12-8/h2-3,10H,4-7H2,1H3,(H,11,12). The van der Waals surface area contributed by atoms with E-state index in [0.29, 0.717) is 5.41 Å². The maximum absolute atomic E-state index is 5.17. The predicted molar refractivity (Wildman–Crippen MR) is 49.2 cm³/mol. The monoisotopic (exact) mass is 181 g/mol. The highest BCUT2D eigenvalue weighted by Gasteiger charge is 2.32. The van der Waals surface area contributed by atoms with Crippen molar-refractivity contribution in [2.24, 2.45) is 5.41 Å². The lowest BCUT2D eigenvalue weighted by Gasteiger charge is -2.38. The van der Waals surface area contributed by atoms with Crippen molar-refractivity contribution in [1.82, 2.24) is 15.5 Å². The first-order chi connectivity index (χ1) is 6.29. The molecule has 0 aliphatic carbocycles. The van der Waals surface area contributed by atoms with Crippen LogP contribution in [0.25, 0.3) is 0 Å². The van der Waals surface area contributed by atoms with Gasteiger partial charge in [-0.2, -0.15) is 5.10 Å². The van der Waals surface area contributed by atoms with Crippen molar-refractivity contribution >= 4 is 0 Å². The fraction of sp³-hybridized carbons (Fsp3) is 0.667. The van der Waals surface area contributed by atoms with Crippen LogP contribution in [0.1, 0.15) is 12.6 Å². The van der Waals surface area contributed by atoms with Crippen molar-refractivity contribution in [3.63, 3.8) is 0 Å². The normalized spacial score (nSPS) is 19.8. The summed E-state index contributed by atoms with van der Waals surface area (Å²) in [7, 11) is 0. The summed E-state index contributed by atoms with van der Waals surface area (Å²) in [6, 6.07) is 1.98. The van der Waals surface area contributed by atoms with E-state index < -0.39 is 0 Å². The van der Waals surface area contributed by atoms with E-state index in [4.69, 9.17) is 4.74 Å². The van der Waals surface area contributed by atoms with Crippen molar-refractivity contribution < 1.29 is 4.74 Å². The molecular formula is C9H15N3O. The Morgan fingerprint density at radius 1 is 1.69 bits per heavy atom. The summed E-state index contributed by atoms with van der Waals surface area (Å²) in [5.41, 5.74) is 1.48. The molecule has 1 fully saturated rings. The van der Waals surface area contributed by atoms with Gasteiger partial charge >= 0.3 is 0 Å². The molecule has 0 aromatic carbocycles. The second-order valence-corrected chi connectivity index (χ2v) is 3.99. The van der Waals surface area contributed by atoms with Crippen LogP contribution in [0.3, 0.4) is 0 Å². The van der Waals surface area contributed by atoms with Crippen molar-refractivity contribution in [2.75, 3.05) is 19.8 Å². The number of aromatic amines is 1. The Bertz CT molecular complexity index is 254. The summed E-state index contributed by atoms with van der Waals surface area (Å²) >= 11 is 0. The number of nitrogens with zero attached hydrogens (tertiary/aromatic N) is 1. The molecule has 1 aromatic heterocycles. The zero-order valence-corrected chi connectivity index (χ0v) is 7.84. The minimum absolute atomic E-state index is 0.347. The SMILES string of the molecule is CC1(CNCc2ccn[nH]2)COC1. The van der Waals surface area contributed by atoms with Gasteiger partial charge in [-0.1, -0.05) is 6.92 Å². The van der Waals surface area contributed by atoms with E-state index in [1.165, 1.54) is 0 Å². The summed E-state index contributed by atoms with van der Waals surface area (Å²) in [4.78, 5) is 0. The molecular weight excluding hydrogens is 166 g/mol. The highest BCUT2D eigenvalue weighted by atomic mass is 16.5. The second-order valence-electron chi connectivity index (χ2n) is 3.99. The van der Waals surface area contributed by atoms with E-state index in [2.05, 4.69) is 22.4 Å². The molecule has 4 nitrogen and oxygen atoms in total. The van der Waals surface area contributed by atoms with Crippen molar-refractivity contribution in [2.45, 2.75) is 13.5 Å². The van der Waals surface area contributed by atoms with E-state index in [-0.39, 0.29) is 0 Å². The average molecular weight is 181 g/mol. The van der Waals surface area contributed by atoms with Crippen molar-refractivity contribution in [3.05, 3.63) is 18.0 Å². The molecule has 13 heavy (non-hydrogen) atoms. The van der Waals surface area contributed by atoms with Crippen LogP contribution in [0.4, 0.5) is 0 Å². The van der Waals surface area contributed by atoms with Gasteiger partial charge in [0.05, 0.1) is 13.2 Å². The van der Waals surface area contributed by atoms with Gasteiger partial charge in [-0.3, -0.25) is 5.10 Å². The number of hydrogen-bond donors (Lipinski definition) is 2. The third-order valence-corrected chi connectivity index (χ3v) is 2.33. The molecule has 0 radical (unpaired) electrons. The van der Waals surface area contributed by atoms with Crippen LogP contribution in [-0.2, 0) is 11.3 Å². The van der Waals surface area contributed by atoms with Crippen LogP contribution in [0.15, 0.2) is 12.3 Å². The molecule has 1 aliphatic heterocycles. The topological polar surface area (TPSA) is 49.9 Å². The lowest BCUT2D eigenvalue weighted by molar-refractivity contribution is -0.0991. The lowest BCUT2D eigenvalue weighted by Crippen LogP contribution is -2.47. The van der Waals surface area contributed by atoms with E-state index in [9.17, 15) is 0 Å². The van der Waals surface area contributed by atoms with Crippen LogP contribution < -0.4 is 5.32 Å². The third kappa shape index (κ3) is 2.08. The van der Waals surface area contributed by atoms with E-state index in [1.807, 2.05) is 6.07 Å². The third-order valence-electron chi connectivity index (χ3n) is 2.33. The summed E-state index contributed by atoms with van der Waals surface area (Å²) in [5, 5.41) is 10.2. The largest absolute Gasteiger partial charge is 0.380 e. The molecule has 0 amide bonds. The number of nitrogens with one attached hydrogen (secondary N) is 2. The summed E-state index contributed by atoms with van der Waals surface area (Å²) in [6.45, 7) is 5.85. The number of H-pyrrole nitrogens is 1. The van der Waals surface area contributed by atoms with Crippen LogP contribution in [0.5, 0.6) is 0 Å². The molecule has 2 N–H and O–H groups in total. The quantitative estimate of drug-likeness (QED) is 0.712. The predicted octanol–water partition coefficient (Wildman–Crippen LogP) is 0.536. The smallest absolute Gasteiger partial charge is 0.0554 e. The maximum Gasteiger partial charge on any atom is 0.0554 e. The number of rotatable bonds is 4. The molecule has 0 spiro atoms. The summed E-state index contributed by atoms with van der Waals surface area (Å²) < 4.78 is 5.17. The molecule has 2 heterocycles. The molecule has 72 valence electrons. The fourth-order valence-electron chi connectivity index (χ4n) is 1.43. The minimum atomic E-state index is 0.347. The van der Waals surface area contributed by atoms with Gasteiger partial charge in [-0.05, 0) is 6.07 Å². The van der Waals surface area contributed by atoms with Gasteiger partial charge in [0.1, 0.15) is 0 Å². The zero-order valence-electron chi connectivity index (χ0n) is 7.84. The van der Waals surface area contributed by atoms with Crippen molar-refractivity contribution in [1.29, 1.82) is 0 Å². The fourth-order valence-corrected chi connectivity index (χ4v) is 1.43. The van der Waals surface area contributed by atoms with Gasteiger partial charge in [-0.15, -0.1) is 0 Å². The lowest BCUT2D eigenvalue weighted by atomic mass is 9.89. The highest BCUT2D eigenvalue weighted by Crippen LogP contribution is 2.24. The van der Waals surface area contributed by atoms with E-state index in [0.717, 1.165) is 32.0 Å². The van der Waals surface area contributed by atoms with Gasteiger partial charge in [0.25, 0.3) is 0 Å². The van der Waals surface area contributed by atoms with E-state index in [1.54, 1.807) is 6.20 Å². The first-order valence-electron chi connectivity index (χ1n) is 4.55. The van der Waals surface area contributed by atoms with Gasteiger partial charge in [0, 0.05) is 30.4 Å². The maximum atomic E-state index is 5.17. The van der Waals surface area contributed by atoms with Gasteiger partial charge in [-0.25, -0.2) is 0 Å². The molecule has 0 bridgehead atoms. The molecule has 0 saturated carbocycles.